The Hall–Kier alpha value is -5.72. The summed E-state index contributed by atoms with van der Waals surface area (Å²) in [5.41, 5.74) is 1.38. The van der Waals surface area contributed by atoms with Crippen molar-refractivity contribution in [2.45, 2.75) is 19.6 Å². The molecule has 0 atom stereocenters. The summed E-state index contributed by atoms with van der Waals surface area (Å²) in [6, 6.07) is 19.7. The second-order valence-electron chi connectivity index (χ2n) is 11.4. The molecule has 0 heterocycles. The first-order valence-electron chi connectivity index (χ1n) is 14.6. The second kappa shape index (κ2) is 13.6. The average molecular weight is 815 g/mol. The minimum Gasteiger partial charge on any atom is -0.507 e. The molecule has 18 nitrogen and oxygen atoms in total. The van der Waals surface area contributed by atoms with Crippen LogP contribution in [0.25, 0.3) is 32.7 Å². The van der Waals surface area contributed by atoms with Crippen LogP contribution in [0.1, 0.15) is 0 Å². The van der Waals surface area contributed by atoms with E-state index in [1.807, 2.05) is 0 Å². The van der Waals surface area contributed by atoms with Crippen molar-refractivity contribution < 1.29 is 62.1 Å². The van der Waals surface area contributed by atoms with Crippen molar-refractivity contribution in [3.63, 3.8) is 0 Å². The number of fused-ring (bicyclic) bond motifs is 2. The third kappa shape index (κ3) is 8.09. The van der Waals surface area contributed by atoms with Gasteiger partial charge < -0.3 is 10.2 Å². The van der Waals surface area contributed by atoms with Crippen LogP contribution in [0.15, 0.2) is 137 Å². The van der Waals surface area contributed by atoms with Gasteiger partial charge >= 0.3 is 0 Å². The molecule has 6 rings (SSSR count). The van der Waals surface area contributed by atoms with Gasteiger partial charge in [-0.1, -0.05) is 24.3 Å². The number of hydrogen-bond acceptors (Lipinski definition) is 14. The second-order valence-corrected chi connectivity index (χ2v) is 17.0. The molecular formula is C32H22N4O14S4. The zero-order valence-electron chi connectivity index (χ0n) is 26.6. The van der Waals surface area contributed by atoms with Gasteiger partial charge in [-0.15, -0.1) is 10.2 Å². The molecule has 22 heteroatoms. The number of benzene rings is 6. The molecule has 0 saturated heterocycles. The number of nitrogens with zero attached hydrogens (tertiary/aromatic N) is 4. The van der Waals surface area contributed by atoms with Crippen LogP contribution in [0.5, 0.6) is 11.5 Å². The Labute approximate surface area is 305 Å². The van der Waals surface area contributed by atoms with Crippen molar-refractivity contribution in [2.24, 2.45) is 20.5 Å². The van der Waals surface area contributed by atoms with E-state index >= 15 is 0 Å². The zero-order chi connectivity index (χ0) is 39.4. The third-order valence-electron chi connectivity index (χ3n) is 7.71. The average Bonchev–Trinajstić information content (AvgIpc) is 3.08. The Bertz CT molecular complexity index is 2820. The minimum absolute atomic E-state index is 0.116. The van der Waals surface area contributed by atoms with Gasteiger partial charge in [-0.25, -0.2) is 0 Å². The van der Waals surface area contributed by atoms with E-state index in [1.54, 1.807) is 48.5 Å². The summed E-state index contributed by atoms with van der Waals surface area (Å²) >= 11 is 0. The van der Waals surface area contributed by atoms with E-state index in [2.05, 4.69) is 20.5 Å². The minimum atomic E-state index is -4.82. The lowest BCUT2D eigenvalue weighted by atomic mass is 10.1. The van der Waals surface area contributed by atoms with Crippen molar-refractivity contribution in [2.75, 3.05) is 0 Å². The Morgan fingerprint density at radius 3 is 0.926 bits per heavy atom. The molecule has 0 fully saturated rings. The highest BCUT2D eigenvalue weighted by Crippen LogP contribution is 2.40. The van der Waals surface area contributed by atoms with Crippen molar-refractivity contribution >= 4 is 84.8 Å². The van der Waals surface area contributed by atoms with E-state index in [0.717, 1.165) is 48.5 Å². The van der Waals surface area contributed by atoms with Gasteiger partial charge in [0.05, 0.1) is 53.1 Å². The van der Waals surface area contributed by atoms with Crippen LogP contribution < -0.4 is 0 Å². The standard InChI is InChI=1S/C32H22N4O14S4/c37-29-15-25(53(45,46)47)11-19-9-23(51(39,40)41)13-27(31(19)29)35-33-21-5-1-17(2-6-21)18-3-7-22(8-4-18)34-36-28-14-24(52(42,43)44)10-20-12-26(54(48,49)50)16-30(38)32(20)28/h1-16,37-38H,(H,39,40,41)(H,42,43,44)(H,45,46,47)(H,48,49,50). The van der Waals surface area contributed by atoms with Gasteiger partial charge in [0.15, 0.2) is 0 Å². The third-order valence-corrected chi connectivity index (χ3v) is 11.0. The molecule has 278 valence electrons. The zero-order valence-corrected chi connectivity index (χ0v) is 29.9. The molecule has 0 aliphatic rings. The van der Waals surface area contributed by atoms with Crippen LogP contribution in [-0.2, 0) is 40.5 Å². The Kier molecular flexibility index (Phi) is 9.58. The molecule has 6 aromatic carbocycles. The van der Waals surface area contributed by atoms with E-state index < -0.39 is 71.6 Å². The summed E-state index contributed by atoms with van der Waals surface area (Å²) in [7, 11) is -19.2. The summed E-state index contributed by atoms with van der Waals surface area (Å²) in [4.78, 5) is -2.82. The molecule has 0 spiro atoms. The van der Waals surface area contributed by atoms with Crippen LogP contribution >= 0.6 is 0 Å². The van der Waals surface area contributed by atoms with Gasteiger partial charge in [0.25, 0.3) is 40.5 Å². The number of phenols is 2. The normalized spacial score (nSPS) is 13.0. The lowest BCUT2D eigenvalue weighted by Crippen LogP contribution is -2.00. The Balaban J connectivity index is 1.28. The molecule has 0 radical (unpaired) electrons. The van der Waals surface area contributed by atoms with Crippen molar-refractivity contribution in [3.05, 3.63) is 97.1 Å². The number of azo groups is 2. The van der Waals surface area contributed by atoms with Crippen molar-refractivity contribution in [1.82, 2.24) is 0 Å². The first-order chi connectivity index (χ1) is 25.1. The maximum Gasteiger partial charge on any atom is 0.294 e. The monoisotopic (exact) mass is 814 g/mol. The molecule has 6 aromatic rings. The van der Waals surface area contributed by atoms with Gasteiger partial charge in [0.2, 0.25) is 0 Å². The van der Waals surface area contributed by atoms with Crippen LogP contribution in [0.3, 0.4) is 0 Å². The van der Waals surface area contributed by atoms with Crippen molar-refractivity contribution in [1.29, 1.82) is 0 Å². The molecular weight excluding hydrogens is 793 g/mol. The molecule has 54 heavy (non-hydrogen) atoms. The predicted molar refractivity (Wildman–Crippen MR) is 191 cm³/mol. The lowest BCUT2D eigenvalue weighted by molar-refractivity contribution is 0.470. The summed E-state index contributed by atoms with van der Waals surface area (Å²) in [6.45, 7) is 0. The largest absolute Gasteiger partial charge is 0.507 e. The topological polar surface area (TPSA) is 307 Å². The van der Waals surface area contributed by atoms with Crippen LogP contribution in [0.4, 0.5) is 22.7 Å². The smallest absolute Gasteiger partial charge is 0.294 e. The van der Waals surface area contributed by atoms with E-state index in [0.29, 0.717) is 11.1 Å². The first kappa shape index (κ1) is 38.0. The summed E-state index contributed by atoms with van der Waals surface area (Å²) in [5, 5.41) is 36.6. The molecule has 0 aromatic heterocycles. The van der Waals surface area contributed by atoms with Gasteiger partial charge in [0.1, 0.15) is 11.5 Å². The highest BCUT2D eigenvalue weighted by atomic mass is 32.2. The van der Waals surface area contributed by atoms with E-state index in [1.165, 1.54) is 0 Å². The van der Waals surface area contributed by atoms with E-state index in [4.69, 9.17) is 0 Å². The molecule has 0 aliphatic carbocycles. The number of aromatic hydroxyl groups is 2. The number of rotatable bonds is 9. The SMILES string of the molecule is O=S(=O)(O)c1cc(O)c2c(N=Nc3ccc(-c4ccc(N=Nc5cc(S(=O)(=O)O)cc6cc(S(=O)(=O)O)cc(O)c56)cc4)cc3)cc(S(=O)(=O)O)cc2c1. The predicted octanol–water partition coefficient (Wildman–Crippen LogP) is 6.89. The number of phenolic OH excluding ortho intramolecular Hbond substituents is 2. The van der Waals surface area contributed by atoms with Crippen LogP contribution in [0.2, 0.25) is 0 Å². The number of hydrogen-bond donors (Lipinski definition) is 6. The summed E-state index contributed by atoms with van der Waals surface area (Å²) in [6.07, 6.45) is 0. The fourth-order valence-corrected chi connectivity index (χ4v) is 7.40. The fourth-order valence-electron chi connectivity index (χ4n) is 5.25. The molecule has 0 bridgehead atoms. The summed E-state index contributed by atoms with van der Waals surface area (Å²) in [5.74, 6) is -1.33. The van der Waals surface area contributed by atoms with Gasteiger partial charge in [0, 0.05) is 12.1 Å². The molecule has 0 unspecified atom stereocenters. The molecule has 0 saturated carbocycles. The highest BCUT2D eigenvalue weighted by Gasteiger charge is 2.21. The quantitative estimate of drug-likeness (QED) is 0.0640. The van der Waals surface area contributed by atoms with E-state index in [-0.39, 0.29) is 44.3 Å². The van der Waals surface area contributed by atoms with E-state index in [9.17, 15) is 62.1 Å². The Morgan fingerprint density at radius 2 is 0.648 bits per heavy atom. The van der Waals surface area contributed by atoms with Crippen LogP contribution in [-0.4, -0.2) is 62.1 Å². The van der Waals surface area contributed by atoms with Crippen molar-refractivity contribution in [3.8, 4) is 22.6 Å². The van der Waals surface area contributed by atoms with Gasteiger partial charge in [-0.3, -0.25) is 18.2 Å². The van der Waals surface area contributed by atoms with Gasteiger partial charge in [-0.05, 0) is 82.6 Å². The lowest BCUT2D eigenvalue weighted by Gasteiger charge is -2.09. The first-order valence-corrected chi connectivity index (χ1v) is 20.4. The van der Waals surface area contributed by atoms with Crippen LogP contribution in [0, 0.1) is 0 Å². The molecule has 0 amide bonds. The maximum absolute atomic E-state index is 11.9. The molecule has 0 aliphatic heterocycles. The Morgan fingerprint density at radius 1 is 0.370 bits per heavy atom. The maximum atomic E-state index is 11.9. The highest BCUT2D eigenvalue weighted by molar-refractivity contribution is 7.86. The van der Waals surface area contributed by atoms with Gasteiger partial charge in [-0.2, -0.15) is 43.9 Å². The molecule has 6 N–H and O–H groups in total. The summed E-state index contributed by atoms with van der Waals surface area (Å²) < 4.78 is 132. The fraction of sp³-hybridized carbons (Fsp3) is 0.